The van der Waals surface area contributed by atoms with E-state index in [9.17, 15) is 4.39 Å². The van der Waals surface area contributed by atoms with Crippen molar-refractivity contribution in [1.29, 1.82) is 0 Å². The summed E-state index contributed by atoms with van der Waals surface area (Å²) in [5.41, 5.74) is 2.39. The average molecular weight is 211 g/mol. The van der Waals surface area contributed by atoms with Crippen LogP contribution < -0.4 is 5.32 Å². The summed E-state index contributed by atoms with van der Waals surface area (Å²) in [5, 5.41) is 7.57. The van der Waals surface area contributed by atoms with Gasteiger partial charge in [0.2, 0.25) is 0 Å². The van der Waals surface area contributed by atoms with E-state index in [-0.39, 0.29) is 0 Å². The lowest BCUT2D eigenvalue weighted by atomic mass is 10.2. The van der Waals surface area contributed by atoms with Crippen molar-refractivity contribution in [3.05, 3.63) is 17.5 Å². The summed E-state index contributed by atoms with van der Waals surface area (Å²) in [6.45, 7) is 2.84. The monoisotopic (exact) mass is 211 g/mol. The zero-order chi connectivity index (χ0) is 10.8. The van der Waals surface area contributed by atoms with E-state index < -0.39 is 6.17 Å². The van der Waals surface area contributed by atoms with Crippen LogP contribution in [0.25, 0.3) is 0 Å². The molecular weight excluding hydrogens is 193 g/mol. The van der Waals surface area contributed by atoms with Crippen molar-refractivity contribution in [1.82, 2.24) is 15.1 Å². The molecule has 1 aromatic rings. The maximum absolute atomic E-state index is 12.9. The number of nitrogens with one attached hydrogen (secondary N) is 1. The molecule has 1 heterocycles. The third-order valence-corrected chi connectivity index (χ3v) is 3.20. The smallest absolute Gasteiger partial charge is 0.102 e. The molecule has 1 fully saturated rings. The van der Waals surface area contributed by atoms with Crippen LogP contribution in [0, 0.1) is 6.92 Å². The number of hydrogen-bond donors (Lipinski definition) is 1. The number of aryl methyl sites for hydroxylation is 2. The Morgan fingerprint density at radius 3 is 2.93 bits per heavy atom. The van der Waals surface area contributed by atoms with Crippen LogP contribution in [0.5, 0.6) is 0 Å². The van der Waals surface area contributed by atoms with Crippen molar-refractivity contribution in [3.63, 3.8) is 0 Å². The minimum Gasteiger partial charge on any atom is -0.308 e. The first-order valence-corrected chi connectivity index (χ1v) is 5.51. The molecular formula is C11H18FN3. The average Bonchev–Trinajstić information content (AvgIpc) is 2.73. The van der Waals surface area contributed by atoms with Gasteiger partial charge in [-0.2, -0.15) is 5.10 Å². The highest BCUT2D eigenvalue weighted by molar-refractivity contribution is 5.15. The molecule has 3 nitrogen and oxygen atoms in total. The van der Waals surface area contributed by atoms with Crippen LogP contribution >= 0.6 is 0 Å². The van der Waals surface area contributed by atoms with Gasteiger partial charge in [0.25, 0.3) is 0 Å². The number of nitrogens with zero attached hydrogens (tertiary/aromatic N) is 2. The zero-order valence-corrected chi connectivity index (χ0v) is 9.33. The van der Waals surface area contributed by atoms with Gasteiger partial charge in [0, 0.05) is 19.6 Å². The van der Waals surface area contributed by atoms with Crippen molar-refractivity contribution in [2.45, 2.75) is 44.9 Å². The summed E-state index contributed by atoms with van der Waals surface area (Å²) in [5.74, 6) is 0. The van der Waals surface area contributed by atoms with Gasteiger partial charge in [0.1, 0.15) is 6.17 Å². The van der Waals surface area contributed by atoms with Gasteiger partial charge < -0.3 is 5.32 Å². The Balaban J connectivity index is 1.88. The summed E-state index contributed by atoms with van der Waals surface area (Å²) in [6.07, 6.45) is 3.59. The Kier molecular flexibility index (Phi) is 3.05. The second-order valence-corrected chi connectivity index (χ2v) is 4.39. The molecule has 1 aliphatic rings. The third kappa shape index (κ3) is 2.37. The number of aromatic nitrogens is 2. The van der Waals surface area contributed by atoms with Crippen LogP contribution in [-0.2, 0) is 13.6 Å². The fourth-order valence-electron chi connectivity index (χ4n) is 2.18. The van der Waals surface area contributed by atoms with E-state index in [1.807, 2.05) is 17.9 Å². The summed E-state index contributed by atoms with van der Waals surface area (Å²) >= 11 is 0. The number of rotatable bonds is 3. The Labute approximate surface area is 89.7 Å². The highest BCUT2D eigenvalue weighted by Crippen LogP contribution is 2.22. The molecule has 0 aromatic carbocycles. The molecule has 1 aromatic heterocycles. The van der Waals surface area contributed by atoms with E-state index in [2.05, 4.69) is 17.3 Å². The largest absolute Gasteiger partial charge is 0.308 e. The normalized spacial score (nSPS) is 26.1. The summed E-state index contributed by atoms with van der Waals surface area (Å²) in [7, 11) is 1.94. The molecule has 1 N–H and O–H groups in total. The van der Waals surface area contributed by atoms with Crippen LogP contribution in [0.15, 0.2) is 6.20 Å². The Bertz CT molecular complexity index is 315. The molecule has 0 spiro atoms. The lowest BCUT2D eigenvalue weighted by molar-refractivity contribution is 0.333. The minimum absolute atomic E-state index is 0.342. The lowest BCUT2D eigenvalue weighted by Gasteiger charge is -2.12. The van der Waals surface area contributed by atoms with Crippen LogP contribution in [-0.4, -0.2) is 22.0 Å². The lowest BCUT2D eigenvalue weighted by Crippen LogP contribution is -2.27. The fourth-order valence-corrected chi connectivity index (χ4v) is 2.18. The van der Waals surface area contributed by atoms with Gasteiger partial charge in [-0.15, -0.1) is 0 Å². The van der Waals surface area contributed by atoms with Crippen LogP contribution in [0.3, 0.4) is 0 Å². The maximum atomic E-state index is 12.9. The second kappa shape index (κ2) is 4.31. The van der Waals surface area contributed by atoms with Gasteiger partial charge >= 0.3 is 0 Å². The quantitative estimate of drug-likeness (QED) is 0.825. The number of alkyl halides is 1. The summed E-state index contributed by atoms with van der Waals surface area (Å²) < 4.78 is 14.8. The minimum atomic E-state index is -0.602. The Morgan fingerprint density at radius 1 is 1.60 bits per heavy atom. The van der Waals surface area contributed by atoms with E-state index in [0.717, 1.165) is 13.0 Å². The molecule has 0 amide bonds. The van der Waals surface area contributed by atoms with Gasteiger partial charge in [-0.05, 0) is 31.7 Å². The molecule has 0 bridgehead atoms. The van der Waals surface area contributed by atoms with Crippen molar-refractivity contribution in [2.75, 3.05) is 0 Å². The van der Waals surface area contributed by atoms with E-state index >= 15 is 0 Å². The first-order valence-electron chi connectivity index (χ1n) is 5.51. The van der Waals surface area contributed by atoms with Crippen molar-refractivity contribution in [2.24, 2.45) is 7.05 Å². The number of halogens is 1. The number of hydrogen-bond acceptors (Lipinski definition) is 2. The Morgan fingerprint density at radius 2 is 2.40 bits per heavy atom. The molecule has 0 radical (unpaired) electrons. The standard InChI is InChI=1S/C11H18FN3/c1-8-6-14-15(2)11(8)7-13-10-4-3-9(12)5-10/h6,9-10,13H,3-5,7H2,1-2H3. The van der Waals surface area contributed by atoms with E-state index in [1.54, 1.807) is 0 Å². The maximum Gasteiger partial charge on any atom is 0.102 e. The summed E-state index contributed by atoms with van der Waals surface area (Å²) in [4.78, 5) is 0. The molecule has 2 unspecified atom stereocenters. The summed E-state index contributed by atoms with van der Waals surface area (Å²) in [6, 6.07) is 0.342. The van der Waals surface area contributed by atoms with Gasteiger partial charge in [0.15, 0.2) is 0 Å². The molecule has 15 heavy (non-hydrogen) atoms. The fraction of sp³-hybridized carbons (Fsp3) is 0.727. The Hall–Kier alpha value is -0.900. The van der Waals surface area contributed by atoms with E-state index in [0.29, 0.717) is 18.9 Å². The first-order chi connectivity index (χ1) is 7.16. The molecule has 0 saturated heterocycles. The predicted octanol–water partition coefficient (Wildman–Crippen LogP) is 1.71. The predicted molar refractivity (Wildman–Crippen MR) is 57.3 cm³/mol. The third-order valence-electron chi connectivity index (χ3n) is 3.20. The van der Waals surface area contributed by atoms with E-state index in [4.69, 9.17) is 0 Å². The molecule has 0 aliphatic heterocycles. The molecule has 2 rings (SSSR count). The van der Waals surface area contributed by atoms with Crippen LogP contribution in [0.1, 0.15) is 30.5 Å². The molecule has 1 saturated carbocycles. The van der Waals surface area contributed by atoms with Gasteiger partial charge in [-0.25, -0.2) is 4.39 Å². The molecule has 4 heteroatoms. The van der Waals surface area contributed by atoms with Crippen molar-refractivity contribution < 1.29 is 4.39 Å². The molecule has 2 atom stereocenters. The van der Waals surface area contributed by atoms with Crippen molar-refractivity contribution in [3.8, 4) is 0 Å². The van der Waals surface area contributed by atoms with Crippen LogP contribution in [0.4, 0.5) is 4.39 Å². The van der Waals surface area contributed by atoms with Gasteiger partial charge in [0.05, 0.1) is 11.9 Å². The van der Waals surface area contributed by atoms with Crippen LogP contribution in [0.2, 0.25) is 0 Å². The molecule has 1 aliphatic carbocycles. The SMILES string of the molecule is Cc1cnn(C)c1CNC1CCC(F)C1. The highest BCUT2D eigenvalue weighted by Gasteiger charge is 2.23. The van der Waals surface area contributed by atoms with E-state index in [1.165, 1.54) is 11.3 Å². The van der Waals surface area contributed by atoms with Crippen molar-refractivity contribution >= 4 is 0 Å². The zero-order valence-electron chi connectivity index (χ0n) is 9.33. The highest BCUT2D eigenvalue weighted by atomic mass is 19.1. The van der Waals surface area contributed by atoms with Gasteiger partial charge in [-0.1, -0.05) is 0 Å². The second-order valence-electron chi connectivity index (χ2n) is 4.39. The first kappa shape index (κ1) is 10.6. The van der Waals surface area contributed by atoms with Gasteiger partial charge in [-0.3, -0.25) is 4.68 Å². The topological polar surface area (TPSA) is 29.9 Å². The molecule has 84 valence electrons.